The van der Waals surface area contributed by atoms with Crippen LogP contribution in [0.4, 0.5) is 5.13 Å². The summed E-state index contributed by atoms with van der Waals surface area (Å²) in [7, 11) is 1.57. The molecule has 148 valence electrons. The molecule has 0 saturated heterocycles. The van der Waals surface area contributed by atoms with Crippen molar-refractivity contribution in [3.8, 4) is 0 Å². The fourth-order valence-corrected chi connectivity index (χ4v) is 3.60. The average Bonchev–Trinajstić information content (AvgIpc) is 3.33. The van der Waals surface area contributed by atoms with Crippen LogP contribution < -0.4 is 5.32 Å². The molecule has 0 saturated carbocycles. The number of methoxy groups -OCH3 is 1. The van der Waals surface area contributed by atoms with E-state index in [1.165, 1.54) is 11.3 Å². The molecule has 0 spiro atoms. The SMILES string of the molecule is CO[C@H](C)c1noc(CCC(=O)Nc2ncc(Cc3cccc(Cl)c3Cl)s2)n1. The van der Waals surface area contributed by atoms with Gasteiger partial charge in [0, 0.05) is 37.4 Å². The van der Waals surface area contributed by atoms with Crippen LogP contribution in [0, 0.1) is 0 Å². The maximum atomic E-state index is 12.2. The number of carbonyl (C=O) groups excluding carboxylic acids is 1. The van der Waals surface area contributed by atoms with Crippen LogP contribution in [-0.4, -0.2) is 28.1 Å². The van der Waals surface area contributed by atoms with E-state index in [1.54, 1.807) is 19.4 Å². The van der Waals surface area contributed by atoms with Crippen molar-refractivity contribution in [2.75, 3.05) is 12.4 Å². The number of anilines is 1. The number of hydrogen-bond donors (Lipinski definition) is 1. The number of aromatic nitrogens is 3. The number of aryl methyl sites for hydroxylation is 1. The minimum Gasteiger partial charge on any atom is -0.374 e. The number of carbonyl (C=O) groups is 1. The van der Waals surface area contributed by atoms with Gasteiger partial charge in [-0.1, -0.05) is 40.5 Å². The Balaban J connectivity index is 1.52. The molecule has 1 aromatic carbocycles. The molecule has 7 nitrogen and oxygen atoms in total. The van der Waals surface area contributed by atoms with Crippen molar-refractivity contribution in [3.05, 3.63) is 56.6 Å². The van der Waals surface area contributed by atoms with Crippen LogP contribution in [0.5, 0.6) is 0 Å². The van der Waals surface area contributed by atoms with Gasteiger partial charge in [0.25, 0.3) is 0 Å². The van der Waals surface area contributed by atoms with Gasteiger partial charge in [-0.25, -0.2) is 4.98 Å². The number of amides is 1. The van der Waals surface area contributed by atoms with Gasteiger partial charge in [-0.2, -0.15) is 4.98 Å². The van der Waals surface area contributed by atoms with Gasteiger partial charge in [0.2, 0.25) is 11.8 Å². The molecule has 3 aromatic rings. The number of thiazole rings is 1. The van der Waals surface area contributed by atoms with Gasteiger partial charge < -0.3 is 14.6 Å². The van der Waals surface area contributed by atoms with Crippen LogP contribution in [0.15, 0.2) is 28.9 Å². The smallest absolute Gasteiger partial charge is 0.227 e. The molecule has 1 N–H and O–H groups in total. The maximum Gasteiger partial charge on any atom is 0.227 e. The van der Waals surface area contributed by atoms with Crippen molar-refractivity contribution < 1.29 is 14.1 Å². The molecule has 0 fully saturated rings. The third-order valence-corrected chi connectivity index (χ3v) is 5.73. The van der Waals surface area contributed by atoms with E-state index >= 15 is 0 Å². The average molecular weight is 441 g/mol. The Labute approximate surface area is 176 Å². The Morgan fingerprint density at radius 3 is 3.00 bits per heavy atom. The second-order valence-corrected chi connectivity index (χ2v) is 7.89. The molecule has 1 amide bonds. The first-order valence-electron chi connectivity index (χ1n) is 8.49. The van der Waals surface area contributed by atoms with Crippen molar-refractivity contribution in [2.24, 2.45) is 0 Å². The molecule has 2 aromatic heterocycles. The van der Waals surface area contributed by atoms with Crippen LogP contribution in [0.3, 0.4) is 0 Å². The van der Waals surface area contributed by atoms with E-state index in [1.807, 2.05) is 19.1 Å². The quantitative estimate of drug-likeness (QED) is 0.545. The number of benzene rings is 1. The van der Waals surface area contributed by atoms with Gasteiger partial charge in [0.05, 0.1) is 10.0 Å². The van der Waals surface area contributed by atoms with Crippen molar-refractivity contribution in [1.82, 2.24) is 15.1 Å². The molecule has 1 atom stereocenters. The first kappa shape index (κ1) is 20.7. The van der Waals surface area contributed by atoms with E-state index in [9.17, 15) is 4.79 Å². The summed E-state index contributed by atoms with van der Waals surface area (Å²) < 4.78 is 10.2. The highest BCUT2D eigenvalue weighted by molar-refractivity contribution is 7.15. The van der Waals surface area contributed by atoms with Gasteiger partial charge in [-0.3, -0.25) is 4.79 Å². The molecule has 10 heteroatoms. The number of nitrogens with zero attached hydrogens (tertiary/aromatic N) is 3. The van der Waals surface area contributed by atoms with E-state index in [0.29, 0.717) is 39.7 Å². The first-order valence-corrected chi connectivity index (χ1v) is 10.1. The minimum absolute atomic E-state index is 0.179. The summed E-state index contributed by atoms with van der Waals surface area (Å²) in [5, 5.41) is 8.18. The summed E-state index contributed by atoms with van der Waals surface area (Å²) in [6, 6.07) is 5.51. The molecule has 0 aliphatic rings. The van der Waals surface area contributed by atoms with Gasteiger partial charge in [0.15, 0.2) is 11.0 Å². The molecular weight excluding hydrogens is 423 g/mol. The molecule has 0 aliphatic carbocycles. The molecule has 3 rings (SSSR count). The second kappa shape index (κ2) is 9.47. The van der Waals surface area contributed by atoms with E-state index in [4.69, 9.17) is 32.5 Å². The zero-order valence-corrected chi connectivity index (χ0v) is 17.6. The van der Waals surface area contributed by atoms with Crippen LogP contribution in [0.25, 0.3) is 0 Å². The predicted molar refractivity (Wildman–Crippen MR) is 108 cm³/mol. The number of ether oxygens (including phenoxy) is 1. The molecule has 0 unspecified atom stereocenters. The largest absolute Gasteiger partial charge is 0.374 e. The third kappa shape index (κ3) is 5.29. The molecular formula is C18H18Cl2N4O3S. The lowest BCUT2D eigenvalue weighted by molar-refractivity contribution is -0.116. The Bertz CT molecular complexity index is 960. The Morgan fingerprint density at radius 1 is 1.39 bits per heavy atom. The monoisotopic (exact) mass is 440 g/mol. The number of hydrogen-bond acceptors (Lipinski definition) is 7. The van der Waals surface area contributed by atoms with E-state index in [2.05, 4.69) is 20.4 Å². The van der Waals surface area contributed by atoms with Crippen LogP contribution in [0.1, 0.15) is 41.6 Å². The molecule has 2 heterocycles. The van der Waals surface area contributed by atoms with E-state index < -0.39 is 0 Å². The lowest BCUT2D eigenvalue weighted by atomic mass is 10.1. The van der Waals surface area contributed by atoms with Crippen molar-refractivity contribution in [3.63, 3.8) is 0 Å². The number of rotatable bonds is 8. The zero-order chi connectivity index (χ0) is 20.1. The lowest BCUT2D eigenvalue weighted by Gasteiger charge is -2.03. The normalized spacial score (nSPS) is 12.1. The van der Waals surface area contributed by atoms with Crippen LogP contribution in [0.2, 0.25) is 10.0 Å². The van der Waals surface area contributed by atoms with Crippen molar-refractivity contribution in [2.45, 2.75) is 32.3 Å². The lowest BCUT2D eigenvalue weighted by Crippen LogP contribution is -2.12. The fraction of sp³-hybridized carbons (Fsp3) is 0.333. The van der Waals surface area contributed by atoms with Gasteiger partial charge in [0.1, 0.15) is 6.10 Å². The highest BCUT2D eigenvalue weighted by Gasteiger charge is 2.15. The van der Waals surface area contributed by atoms with Crippen LogP contribution in [-0.2, 0) is 22.4 Å². The summed E-state index contributed by atoms with van der Waals surface area (Å²) in [6.07, 6.45) is 2.60. The van der Waals surface area contributed by atoms with Gasteiger partial charge in [-0.05, 0) is 18.6 Å². The Morgan fingerprint density at radius 2 is 2.21 bits per heavy atom. The summed E-state index contributed by atoms with van der Waals surface area (Å²) in [5.41, 5.74) is 0.910. The minimum atomic E-state index is -0.256. The third-order valence-electron chi connectivity index (χ3n) is 3.96. The highest BCUT2D eigenvalue weighted by Crippen LogP contribution is 2.29. The van der Waals surface area contributed by atoms with Crippen molar-refractivity contribution in [1.29, 1.82) is 0 Å². The summed E-state index contributed by atoms with van der Waals surface area (Å²) in [5.74, 6) is 0.674. The molecule has 28 heavy (non-hydrogen) atoms. The maximum absolute atomic E-state index is 12.2. The second-order valence-electron chi connectivity index (χ2n) is 5.99. The first-order chi connectivity index (χ1) is 13.5. The number of halogens is 2. The summed E-state index contributed by atoms with van der Waals surface area (Å²) >= 11 is 13.7. The Hall–Kier alpha value is -2.00. The van der Waals surface area contributed by atoms with Gasteiger partial charge >= 0.3 is 0 Å². The molecule has 0 bridgehead atoms. The van der Waals surface area contributed by atoms with E-state index in [-0.39, 0.29) is 18.4 Å². The summed E-state index contributed by atoms with van der Waals surface area (Å²) in [6.45, 7) is 1.82. The zero-order valence-electron chi connectivity index (χ0n) is 15.2. The van der Waals surface area contributed by atoms with E-state index in [0.717, 1.165) is 10.4 Å². The molecule has 0 radical (unpaired) electrons. The predicted octanol–water partition coefficient (Wildman–Crippen LogP) is 4.70. The van der Waals surface area contributed by atoms with Crippen LogP contribution >= 0.6 is 34.5 Å². The van der Waals surface area contributed by atoms with Crippen molar-refractivity contribution >= 4 is 45.6 Å². The standard InChI is InChI=1S/C18H18Cl2N4O3S/c1-10(26-2)17-23-15(27-24-17)7-6-14(25)22-18-21-9-12(28-18)8-11-4-3-5-13(19)16(11)20/h3-5,9-10H,6-8H2,1-2H3,(H,21,22,25)/t10-/m1/s1. The summed E-state index contributed by atoms with van der Waals surface area (Å²) in [4.78, 5) is 21.6. The highest BCUT2D eigenvalue weighted by atomic mass is 35.5. The molecule has 0 aliphatic heterocycles. The fourth-order valence-electron chi connectivity index (χ4n) is 2.36. The van der Waals surface area contributed by atoms with Gasteiger partial charge in [-0.15, -0.1) is 11.3 Å². The number of nitrogens with one attached hydrogen (secondary N) is 1. The topological polar surface area (TPSA) is 90.1 Å². The Kier molecular flexibility index (Phi) is 7.01.